The number of nitrogens with zero attached hydrogens (tertiary/aromatic N) is 2. The molecule has 1 aliphatic heterocycles. The Morgan fingerprint density at radius 2 is 1.84 bits per heavy atom. The van der Waals surface area contributed by atoms with Crippen LogP contribution in [0.15, 0.2) is 51.7 Å². The van der Waals surface area contributed by atoms with Crippen LogP contribution in [0.5, 0.6) is 0 Å². The number of aromatic carboxylic acids is 1. The molecule has 3 aromatic rings. The van der Waals surface area contributed by atoms with Crippen LogP contribution in [-0.4, -0.2) is 30.7 Å². The van der Waals surface area contributed by atoms with E-state index in [0.717, 1.165) is 25.9 Å². The highest BCUT2D eigenvalue weighted by Crippen LogP contribution is 2.54. The predicted molar refractivity (Wildman–Crippen MR) is 122 cm³/mol. The summed E-state index contributed by atoms with van der Waals surface area (Å²) in [5, 5.41) is 9.79. The Morgan fingerprint density at radius 1 is 1.12 bits per heavy atom. The smallest absolute Gasteiger partial charge is 0.337 e. The van der Waals surface area contributed by atoms with Crippen LogP contribution in [-0.2, 0) is 0 Å². The van der Waals surface area contributed by atoms with Crippen LogP contribution in [0.3, 0.4) is 0 Å². The summed E-state index contributed by atoms with van der Waals surface area (Å²) in [4.78, 5) is 28.5. The van der Waals surface area contributed by atoms with Gasteiger partial charge in [0.2, 0.25) is 0 Å². The molecule has 1 aliphatic carbocycles. The molecule has 2 fully saturated rings. The second-order valence-electron chi connectivity index (χ2n) is 8.80. The number of para-hydroxylation sites is 1. The van der Waals surface area contributed by atoms with Crippen LogP contribution in [0.2, 0.25) is 0 Å². The Balaban J connectivity index is 1.64. The molecule has 2 aromatic carbocycles. The third-order valence-electron chi connectivity index (χ3n) is 6.89. The maximum Gasteiger partial charge on any atom is 0.337 e. The van der Waals surface area contributed by atoms with Gasteiger partial charge in [0, 0.05) is 31.8 Å². The standard InChI is InChI=1S/C25H25FN2O4/c1-2-28(19-6-4-3-5-17(19)24(30)31)20-14-16(26)13-18-21(29)15-22(32-23(18)20)27-11-9-25(7-8-25)10-12-27/h3-6,13-15H,2,7-12H2,1H3,(H,30,31). The summed E-state index contributed by atoms with van der Waals surface area (Å²) in [5.74, 6) is -1.18. The number of fused-ring (bicyclic) bond motifs is 1. The van der Waals surface area contributed by atoms with Crippen molar-refractivity contribution in [3.05, 3.63) is 64.1 Å². The lowest BCUT2D eigenvalue weighted by Crippen LogP contribution is -2.34. The Bertz CT molecular complexity index is 1250. The maximum atomic E-state index is 14.6. The van der Waals surface area contributed by atoms with Gasteiger partial charge < -0.3 is 19.3 Å². The average molecular weight is 436 g/mol. The number of anilines is 3. The van der Waals surface area contributed by atoms with Crippen molar-refractivity contribution in [2.75, 3.05) is 29.4 Å². The molecule has 2 heterocycles. The summed E-state index contributed by atoms with van der Waals surface area (Å²) in [6.07, 6.45) is 4.72. The first-order chi connectivity index (χ1) is 15.4. The van der Waals surface area contributed by atoms with Gasteiger partial charge in [-0.1, -0.05) is 12.1 Å². The lowest BCUT2D eigenvalue weighted by atomic mass is 9.94. The van der Waals surface area contributed by atoms with Gasteiger partial charge in [0.05, 0.1) is 22.3 Å². The van der Waals surface area contributed by atoms with Crippen molar-refractivity contribution < 1.29 is 18.7 Å². The number of carboxylic acid groups (broad SMARTS) is 1. The molecule has 1 saturated heterocycles. The Morgan fingerprint density at radius 3 is 2.50 bits per heavy atom. The minimum Gasteiger partial charge on any atom is -0.478 e. The van der Waals surface area contributed by atoms with Crippen LogP contribution in [0, 0.1) is 11.2 Å². The number of halogens is 1. The molecule has 1 spiro atoms. The van der Waals surface area contributed by atoms with E-state index in [1.807, 2.05) is 6.92 Å². The van der Waals surface area contributed by atoms with E-state index in [-0.39, 0.29) is 22.0 Å². The largest absolute Gasteiger partial charge is 0.478 e. The second kappa shape index (κ2) is 7.65. The number of hydrogen-bond acceptors (Lipinski definition) is 5. The van der Waals surface area contributed by atoms with Gasteiger partial charge in [-0.3, -0.25) is 4.79 Å². The van der Waals surface area contributed by atoms with Gasteiger partial charge in [-0.05, 0) is 56.2 Å². The van der Waals surface area contributed by atoms with Crippen molar-refractivity contribution >= 4 is 34.2 Å². The quantitative estimate of drug-likeness (QED) is 0.595. The third-order valence-corrected chi connectivity index (χ3v) is 6.89. The SMILES string of the molecule is CCN(c1ccccc1C(=O)O)c1cc(F)cc2c(=O)cc(N3CCC4(CC3)CC4)oc12. The van der Waals surface area contributed by atoms with Gasteiger partial charge in [-0.25, -0.2) is 9.18 Å². The summed E-state index contributed by atoms with van der Waals surface area (Å²) >= 11 is 0. The van der Waals surface area contributed by atoms with E-state index in [1.54, 1.807) is 23.1 Å². The molecule has 166 valence electrons. The highest BCUT2D eigenvalue weighted by atomic mass is 19.1. The molecular formula is C25H25FN2O4. The Kier molecular flexibility index (Phi) is 4.92. The summed E-state index contributed by atoms with van der Waals surface area (Å²) in [7, 11) is 0. The summed E-state index contributed by atoms with van der Waals surface area (Å²) in [5.41, 5.74) is 1.29. The van der Waals surface area contributed by atoms with E-state index in [4.69, 9.17) is 4.42 Å². The molecule has 0 radical (unpaired) electrons. The third kappa shape index (κ3) is 3.51. The molecule has 1 saturated carbocycles. The number of benzene rings is 2. The maximum absolute atomic E-state index is 14.6. The molecule has 2 aliphatic rings. The average Bonchev–Trinajstić information content (AvgIpc) is 3.54. The van der Waals surface area contributed by atoms with E-state index in [0.29, 0.717) is 29.2 Å². The number of piperidine rings is 1. The first kappa shape index (κ1) is 20.5. The zero-order valence-electron chi connectivity index (χ0n) is 17.9. The fourth-order valence-corrected chi connectivity index (χ4v) is 4.79. The Labute approximate surface area is 184 Å². The number of hydrogen-bond donors (Lipinski definition) is 1. The molecule has 32 heavy (non-hydrogen) atoms. The summed E-state index contributed by atoms with van der Waals surface area (Å²) in [6.45, 7) is 3.86. The zero-order chi connectivity index (χ0) is 22.5. The van der Waals surface area contributed by atoms with Crippen LogP contribution >= 0.6 is 0 Å². The van der Waals surface area contributed by atoms with E-state index in [2.05, 4.69) is 4.90 Å². The van der Waals surface area contributed by atoms with Gasteiger partial charge in [0.25, 0.3) is 0 Å². The molecule has 0 bridgehead atoms. The van der Waals surface area contributed by atoms with Gasteiger partial charge in [0.1, 0.15) is 5.82 Å². The van der Waals surface area contributed by atoms with Crippen molar-refractivity contribution in [2.24, 2.45) is 5.41 Å². The molecule has 1 aromatic heterocycles. The molecular weight excluding hydrogens is 411 g/mol. The van der Waals surface area contributed by atoms with E-state index in [9.17, 15) is 19.1 Å². The molecule has 5 rings (SSSR count). The van der Waals surface area contributed by atoms with E-state index in [1.165, 1.54) is 37.1 Å². The highest BCUT2D eigenvalue weighted by Gasteiger charge is 2.44. The minimum atomic E-state index is -1.08. The van der Waals surface area contributed by atoms with Crippen molar-refractivity contribution in [1.29, 1.82) is 0 Å². The predicted octanol–water partition coefficient (Wildman–Crippen LogP) is 5.17. The van der Waals surface area contributed by atoms with Crippen molar-refractivity contribution in [1.82, 2.24) is 0 Å². The van der Waals surface area contributed by atoms with Crippen LogP contribution < -0.4 is 15.2 Å². The monoisotopic (exact) mass is 436 g/mol. The lowest BCUT2D eigenvalue weighted by molar-refractivity contribution is 0.0697. The van der Waals surface area contributed by atoms with E-state index < -0.39 is 11.8 Å². The molecule has 0 unspecified atom stereocenters. The van der Waals surface area contributed by atoms with Gasteiger partial charge in [-0.15, -0.1) is 0 Å². The zero-order valence-corrected chi connectivity index (χ0v) is 17.9. The fourth-order valence-electron chi connectivity index (χ4n) is 4.79. The molecule has 1 N–H and O–H groups in total. The first-order valence-corrected chi connectivity index (χ1v) is 11.0. The second-order valence-corrected chi connectivity index (χ2v) is 8.80. The van der Waals surface area contributed by atoms with Crippen LogP contribution in [0.4, 0.5) is 21.6 Å². The number of carbonyl (C=O) groups is 1. The molecule has 7 heteroatoms. The summed E-state index contributed by atoms with van der Waals surface area (Å²) in [6, 6.07) is 10.5. The topological polar surface area (TPSA) is 74.0 Å². The normalized spacial score (nSPS) is 17.0. The van der Waals surface area contributed by atoms with Gasteiger partial charge in [0.15, 0.2) is 16.9 Å². The molecule has 6 nitrogen and oxygen atoms in total. The number of carboxylic acids is 1. The highest BCUT2D eigenvalue weighted by molar-refractivity contribution is 5.98. The number of rotatable bonds is 5. The first-order valence-electron chi connectivity index (χ1n) is 11.0. The minimum absolute atomic E-state index is 0.0935. The Hall–Kier alpha value is -3.35. The van der Waals surface area contributed by atoms with E-state index >= 15 is 0 Å². The van der Waals surface area contributed by atoms with Crippen molar-refractivity contribution in [3.63, 3.8) is 0 Å². The molecule has 0 amide bonds. The van der Waals surface area contributed by atoms with Crippen LogP contribution in [0.25, 0.3) is 11.0 Å². The van der Waals surface area contributed by atoms with Crippen molar-refractivity contribution in [2.45, 2.75) is 32.6 Å². The van der Waals surface area contributed by atoms with Crippen molar-refractivity contribution in [3.8, 4) is 0 Å². The molecule has 0 atom stereocenters. The fraction of sp³-hybridized carbons (Fsp3) is 0.360. The lowest BCUT2D eigenvalue weighted by Gasteiger charge is -2.32. The van der Waals surface area contributed by atoms with Gasteiger partial charge in [-0.2, -0.15) is 0 Å². The summed E-state index contributed by atoms with van der Waals surface area (Å²) < 4.78 is 20.8. The van der Waals surface area contributed by atoms with Crippen LogP contribution in [0.1, 0.15) is 43.0 Å². The van der Waals surface area contributed by atoms with Gasteiger partial charge >= 0.3 is 5.97 Å².